The smallest absolute Gasteiger partial charge is 0.161 e. The molecule has 5 nitrogen and oxygen atoms in total. The van der Waals surface area contributed by atoms with Gasteiger partial charge in [-0.25, -0.2) is 0 Å². The number of benzene rings is 3. The molecule has 0 aliphatic rings. The quantitative estimate of drug-likeness (QED) is 0.259. The lowest BCUT2D eigenvalue weighted by molar-refractivity contribution is 0.668. The number of para-hydroxylation sites is 2. The van der Waals surface area contributed by atoms with Gasteiger partial charge in [0, 0.05) is 45.9 Å². The average molecular weight is 463 g/mol. The van der Waals surface area contributed by atoms with Gasteiger partial charge in [-0.1, -0.05) is 36.4 Å². The zero-order valence-electron chi connectivity index (χ0n) is 19.0. The molecule has 0 saturated carbocycles. The van der Waals surface area contributed by atoms with Gasteiger partial charge in [-0.05, 0) is 59.7 Å². The summed E-state index contributed by atoms with van der Waals surface area (Å²) in [6, 6.07) is 28.4. The predicted molar refractivity (Wildman–Crippen MR) is 143 cm³/mol. The molecular weight excluding hydrogens is 446 g/mol. The highest BCUT2D eigenvalue weighted by atomic mass is 16.3. The summed E-state index contributed by atoms with van der Waals surface area (Å²) in [7, 11) is 0. The fraction of sp³-hybridized carbons (Fsp3) is 0. The maximum atomic E-state index is 6.39. The molecule has 0 saturated heterocycles. The van der Waals surface area contributed by atoms with Crippen molar-refractivity contribution >= 4 is 55.0 Å². The monoisotopic (exact) mass is 463 g/mol. The number of aromatic nitrogens is 3. The Hall–Kier alpha value is -5.03. The molecule has 0 aliphatic carbocycles. The summed E-state index contributed by atoms with van der Waals surface area (Å²) in [6.45, 7) is 0. The number of hydrogen-bond acceptors (Lipinski definition) is 5. The van der Waals surface area contributed by atoms with Gasteiger partial charge in [0.15, 0.2) is 11.2 Å². The van der Waals surface area contributed by atoms with Crippen LogP contribution in [0, 0.1) is 0 Å². The molecule has 0 spiro atoms. The molecule has 8 rings (SSSR count). The van der Waals surface area contributed by atoms with Crippen LogP contribution in [0.5, 0.6) is 0 Å². The summed E-state index contributed by atoms with van der Waals surface area (Å²) >= 11 is 0. The number of nitrogens with zero attached hydrogens (tertiary/aromatic N) is 3. The van der Waals surface area contributed by atoms with E-state index in [0.717, 1.165) is 77.3 Å². The van der Waals surface area contributed by atoms with E-state index in [9.17, 15) is 0 Å². The Morgan fingerprint density at radius 2 is 1.11 bits per heavy atom. The second-order valence-corrected chi connectivity index (χ2v) is 8.86. The van der Waals surface area contributed by atoms with Crippen LogP contribution in [0.15, 0.2) is 112 Å². The lowest BCUT2D eigenvalue weighted by Gasteiger charge is -2.06. The second-order valence-electron chi connectivity index (χ2n) is 8.86. The van der Waals surface area contributed by atoms with Crippen molar-refractivity contribution in [3.8, 4) is 22.3 Å². The molecule has 0 aliphatic heterocycles. The highest BCUT2D eigenvalue weighted by molar-refractivity contribution is 6.12. The third-order valence-electron chi connectivity index (χ3n) is 6.86. The number of hydrogen-bond donors (Lipinski definition) is 0. The maximum Gasteiger partial charge on any atom is 0.161 e. The van der Waals surface area contributed by atoms with Crippen LogP contribution in [-0.4, -0.2) is 15.0 Å². The van der Waals surface area contributed by atoms with Crippen LogP contribution in [0.2, 0.25) is 0 Å². The molecule has 0 bridgehead atoms. The van der Waals surface area contributed by atoms with Crippen molar-refractivity contribution < 1.29 is 8.83 Å². The van der Waals surface area contributed by atoms with Gasteiger partial charge in [-0.2, -0.15) is 0 Å². The van der Waals surface area contributed by atoms with Crippen LogP contribution in [0.25, 0.3) is 77.3 Å². The topological polar surface area (TPSA) is 65.0 Å². The standard InChI is InChI=1S/C31H17N3O2/c1-3-7-25-21(5-1)20(12-14-32-25)22-13-16-34-29-24-17-18(9-10-27(24)36-31(22)29)19-11-15-33-28-23-6-2-4-8-26(23)35-30(19)28/h1-17H. The van der Waals surface area contributed by atoms with E-state index >= 15 is 0 Å². The van der Waals surface area contributed by atoms with E-state index in [-0.39, 0.29) is 0 Å². The molecule has 3 aromatic carbocycles. The van der Waals surface area contributed by atoms with Crippen LogP contribution >= 0.6 is 0 Å². The summed E-state index contributed by atoms with van der Waals surface area (Å²) in [5, 5.41) is 3.06. The normalized spacial score (nSPS) is 11.9. The van der Waals surface area contributed by atoms with Crippen molar-refractivity contribution in [2.45, 2.75) is 0 Å². The van der Waals surface area contributed by atoms with Gasteiger partial charge < -0.3 is 8.83 Å². The first kappa shape index (κ1) is 19.3. The molecule has 168 valence electrons. The molecule has 0 fully saturated rings. The zero-order valence-corrected chi connectivity index (χ0v) is 19.0. The zero-order chi connectivity index (χ0) is 23.6. The molecular formula is C31H17N3O2. The Morgan fingerprint density at radius 1 is 0.472 bits per heavy atom. The lowest BCUT2D eigenvalue weighted by Crippen LogP contribution is -1.86. The van der Waals surface area contributed by atoms with Gasteiger partial charge in [0.2, 0.25) is 0 Å². The molecule has 8 aromatic rings. The van der Waals surface area contributed by atoms with Gasteiger partial charge in [0.1, 0.15) is 22.2 Å². The fourth-order valence-electron chi connectivity index (χ4n) is 5.20. The van der Waals surface area contributed by atoms with Crippen LogP contribution in [-0.2, 0) is 0 Å². The summed E-state index contributed by atoms with van der Waals surface area (Å²) in [5.74, 6) is 0. The van der Waals surface area contributed by atoms with Crippen molar-refractivity contribution in [1.29, 1.82) is 0 Å². The minimum absolute atomic E-state index is 0.768. The average Bonchev–Trinajstić information content (AvgIpc) is 3.51. The van der Waals surface area contributed by atoms with E-state index in [1.54, 1.807) is 0 Å². The lowest BCUT2D eigenvalue weighted by atomic mass is 10.0. The number of fused-ring (bicyclic) bond motifs is 7. The molecule has 5 heteroatoms. The number of pyridine rings is 3. The van der Waals surface area contributed by atoms with Crippen molar-refractivity contribution in [2.75, 3.05) is 0 Å². The SMILES string of the molecule is c1ccc2c(-c3ccnc4c3oc3ccc(-c5ccnc6c5oc5ccccc56)cc34)ccnc2c1. The van der Waals surface area contributed by atoms with Gasteiger partial charge in [0.05, 0.1) is 5.52 Å². The second kappa shape index (κ2) is 7.23. The number of rotatable bonds is 2. The Morgan fingerprint density at radius 3 is 2.00 bits per heavy atom. The largest absolute Gasteiger partial charge is 0.454 e. The van der Waals surface area contributed by atoms with Gasteiger partial charge in [0.25, 0.3) is 0 Å². The van der Waals surface area contributed by atoms with Gasteiger partial charge >= 0.3 is 0 Å². The van der Waals surface area contributed by atoms with Crippen LogP contribution in [0.3, 0.4) is 0 Å². The summed E-state index contributed by atoms with van der Waals surface area (Å²) in [4.78, 5) is 13.8. The summed E-state index contributed by atoms with van der Waals surface area (Å²) in [6.07, 6.45) is 5.52. The molecule has 36 heavy (non-hydrogen) atoms. The minimum atomic E-state index is 0.768. The number of furan rings is 2. The summed E-state index contributed by atoms with van der Waals surface area (Å²) < 4.78 is 12.6. The van der Waals surface area contributed by atoms with E-state index in [4.69, 9.17) is 13.8 Å². The van der Waals surface area contributed by atoms with Gasteiger partial charge in [-0.15, -0.1) is 0 Å². The van der Waals surface area contributed by atoms with E-state index in [1.165, 1.54) is 0 Å². The Kier molecular flexibility index (Phi) is 3.88. The third-order valence-corrected chi connectivity index (χ3v) is 6.86. The van der Waals surface area contributed by atoms with Crippen molar-refractivity contribution in [3.05, 3.63) is 104 Å². The van der Waals surface area contributed by atoms with E-state index in [1.807, 2.05) is 85.3 Å². The Labute approximate surface area is 204 Å². The van der Waals surface area contributed by atoms with E-state index < -0.39 is 0 Å². The molecule has 0 unspecified atom stereocenters. The molecule has 5 heterocycles. The van der Waals surface area contributed by atoms with E-state index in [0.29, 0.717) is 0 Å². The van der Waals surface area contributed by atoms with Crippen LogP contribution in [0.1, 0.15) is 0 Å². The molecule has 0 N–H and O–H groups in total. The van der Waals surface area contributed by atoms with Crippen molar-refractivity contribution in [3.63, 3.8) is 0 Å². The van der Waals surface area contributed by atoms with Crippen molar-refractivity contribution in [1.82, 2.24) is 15.0 Å². The first-order valence-corrected chi connectivity index (χ1v) is 11.8. The molecule has 5 aromatic heterocycles. The Bertz CT molecular complexity index is 2120. The van der Waals surface area contributed by atoms with Gasteiger partial charge in [-0.3, -0.25) is 15.0 Å². The first-order chi connectivity index (χ1) is 17.8. The third kappa shape index (κ3) is 2.68. The maximum absolute atomic E-state index is 6.39. The predicted octanol–water partition coefficient (Wildman–Crippen LogP) is 8.16. The first-order valence-electron chi connectivity index (χ1n) is 11.8. The highest BCUT2D eigenvalue weighted by Crippen LogP contribution is 2.40. The fourth-order valence-corrected chi connectivity index (χ4v) is 5.20. The van der Waals surface area contributed by atoms with Crippen LogP contribution in [0.4, 0.5) is 0 Å². The molecule has 0 radical (unpaired) electrons. The van der Waals surface area contributed by atoms with Crippen LogP contribution < -0.4 is 0 Å². The summed E-state index contributed by atoms with van der Waals surface area (Å²) in [5.41, 5.74) is 9.91. The highest BCUT2D eigenvalue weighted by Gasteiger charge is 2.18. The minimum Gasteiger partial charge on any atom is -0.454 e. The van der Waals surface area contributed by atoms with Crippen molar-refractivity contribution in [2.24, 2.45) is 0 Å². The van der Waals surface area contributed by atoms with E-state index in [2.05, 4.69) is 28.2 Å². The molecule has 0 amide bonds. The Balaban J connectivity index is 1.37. The molecule has 0 atom stereocenters.